The molecule has 6 rings (SSSR count). The molecule has 0 spiro atoms. The van der Waals surface area contributed by atoms with Crippen molar-refractivity contribution in [2.45, 2.75) is 37.5 Å². The third-order valence-corrected chi connectivity index (χ3v) is 7.63. The van der Waals surface area contributed by atoms with Crippen molar-refractivity contribution in [3.63, 3.8) is 0 Å². The summed E-state index contributed by atoms with van der Waals surface area (Å²) in [5.41, 5.74) is 3.73. The summed E-state index contributed by atoms with van der Waals surface area (Å²) >= 11 is 0.999. The average molecular weight is 579 g/mol. The maximum absolute atomic E-state index is 14.2. The molecule has 3 aromatic heterocycles. The van der Waals surface area contributed by atoms with Gasteiger partial charge in [-0.3, -0.25) is 10.00 Å². The van der Waals surface area contributed by atoms with E-state index in [1.807, 2.05) is 18.2 Å². The van der Waals surface area contributed by atoms with Crippen LogP contribution in [0.4, 0.5) is 14.5 Å². The standard InChI is InChI=1S/C29H28F2N6O3S/c1-16-13-37(14-17(2)39-16)15-21-11-33-28(40-21)22-6-18(7-25-23(22)12-34-35-25)19-8-26(29(38-3)32-10-19)36-41-27-5-4-20(30)9-24(27)31/h4-12,16-17,36H,13-15H2,1-3H3,(H,34,35)/t16-,17+. The quantitative estimate of drug-likeness (QED) is 0.206. The number of ether oxygens (including phenoxy) is 2. The molecule has 0 saturated carbocycles. The van der Waals surface area contributed by atoms with Crippen molar-refractivity contribution < 1.29 is 22.7 Å². The summed E-state index contributed by atoms with van der Waals surface area (Å²) < 4.78 is 48.1. The van der Waals surface area contributed by atoms with Gasteiger partial charge in [-0.1, -0.05) is 0 Å². The van der Waals surface area contributed by atoms with Crippen LogP contribution < -0.4 is 9.46 Å². The molecular weight excluding hydrogens is 550 g/mol. The van der Waals surface area contributed by atoms with Gasteiger partial charge in [0, 0.05) is 41.9 Å². The number of hydrogen-bond donors (Lipinski definition) is 2. The molecule has 9 nitrogen and oxygen atoms in total. The number of aromatic amines is 1. The van der Waals surface area contributed by atoms with E-state index in [1.165, 1.54) is 19.2 Å². The van der Waals surface area contributed by atoms with E-state index < -0.39 is 11.6 Å². The summed E-state index contributed by atoms with van der Waals surface area (Å²) in [6.07, 6.45) is 5.53. The van der Waals surface area contributed by atoms with Gasteiger partial charge in [0.15, 0.2) is 0 Å². The summed E-state index contributed by atoms with van der Waals surface area (Å²) in [5, 5.41) is 8.14. The third-order valence-electron chi connectivity index (χ3n) is 6.76. The summed E-state index contributed by atoms with van der Waals surface area (Å²) in [6, 6.07) is 9.21. The maximum atomic E-state index is 14.2. The minimum atomic E-state index is -0.664. The Hall–Kier alpha value is -4.00. The molecule has 0 radical (unpaired) electrons. The first-order chi connectivity index (χ1) is 19.9. The predicted molar refractivity (Wildman–Crippen MR) is 152 cm³/mol. The highest BCUT2D eigenvalue weighted by Gasteiger charge is 2.24. The molecule has 1 fully saturated rings. The Morgan fingerprint density at radius 2 is 1.88 bits per heavy atom. The van der Waals surface area contributed by atoms with Crippen LogP contribution in [0.5, 0.6) is 5.88 Å². The lowest BCUT2D eigenvalue weighted by Crippen LogP contribution is -2.44. The van der Waals surface area contributed by atoms with Gasteiger partial charge in [-0.25, -0.2) is 18.7 Å². The van der Waals surface area contributed by atoms with Crippen LogP contribution in [0.1, 0.15) is 19.6 Å². The molecule has 0 aliphatic carbocycles. The number of methoxy groups -OCH3 is 1. The van der Waals surface area contributed by atoms with E-state index in [1.54, 1.807) is 18.6 Å². The van der Waals surface area contributed by atoms with E-state index in [0.29, 0.717) is 24.0 Å². The van der Waals surface area contributed by atoms with Crippen LogP contribution in [-0.2, 0) is 11.3 Å². The number of aromatic nitrogens is 4. The van der Waals surface area contributed by atoms with Gasteiger partial charge in [-0.05, 0) is 61.7 Å². The van der Waals surface area contributed by atoms with Gasteiger partial charge in [0.05, 0.1) is 48.7 Å². The van der Waals surface area contributed by atoms with Gasteiger partial charge >= 0.3 is 0 Å². The highest BCUT2D eigenvalue weighted by atomic mass is 32.2. The van der Waals surface area contributed by atoms with Gasteiger partial charge in [-0.2, -0.15) is 5.10 Å². The second-order valence-corrected chi connectivity index (χ2v) is 10.8. The van der Waals surface area contributed by atoms with Crippen LogP contribution in [0.2, 0.25) is 0 Å². The van der Waals surface area contributed by atoms with E-state index >= 15 is 0 Å². The first-order valence-electron chi connectivity index (χ1n) is 13.1. The smallest absolute Gasteiger partial charge is 0.237 e. The van der Waals surface area contributed by atoms with Crippen LogP contribution in [0.3, 0.4) is 0 Å². The average Bonchev–Trinajstić information content (AvgIpc) is 3.61. The van der Waals surface area contributed by atoms with Crippen molar-refractivity contribution in [2.24, 2.45) is 0 Å². The summed E-state index contributed by atoms with van der Waals surface area (Å²) in [6.45, 7) is 6.45. The summed E-state index contributed by atoms with van der Waals surface area (Å²) in [7, 11) is 1.50. The SMILES string of the molecule is COc1ncc(-c2cc(-c3ncc(CN4C[C@@H](C)O[C@@H](C)C4)o3)c3cn[nH]c3c2)cc1NSc1ccc(F)cc1F. The highest BCUT2D eigenvalue weighted by molar-refractivity contribution is 8.00. The van der Waals surface area contributed by atoms with Gasteiger partial charge in [0.2, 0.25) is 11.8 Å². The van der Waals surface area contributed by atoms with Crippen molar-refractivity contribution in [1.82, 2.24) is 25.1 Å². The predicted octanol–water partition coefficient (Wildman–Crippen LogP) is 6.30. The Bertz CT molecular complexity index is 1680. The number of hydrogen-bond acceptors (Lipinski definition) is 9. The van der Waals surface area contributed by atoms with Gasteiger partial charge in [0.1, 0.15) is 23.1 Å². The number of nitrogens with one attached hydrogen (secondary N) is 2. The summed E-state index contributed by atoms with van der Waals surface area (Å²) in [5.74, 6) is 0.288. The Balaban J connectivity index is 1.29. The Labute approximate surface area is 239 Å². The summed E-state index contributed by atoms with van der Waals surface area (Å²) in [4.78, 5) is 11.6. The monoisotopic (exact) mass is 578 g/mol. The topological polar surface area (TPSA) is 101 Å². The molecule has 41 heavy (non-hydrogen) atoms. The molecule has 1 aliphatic heterocycles. The van der Waals surface area contributed by atoms with Gasteiger partial charge in [-0.15, -0.1) is 0 Å². The Morgan fingerprint density at radius 1 is 1.05 bits per heavy atom. The van der Waals surface area contributed by atoms with Crippen LogP contribution >= 0.6 is 11.9 Å². The van der Waals surface area contributed by atoms with E-state index in [9.17, 15) is 8.78 Å². The second-order valence-electron chi connectivity index (χ2n) is 10.00. The Kier molecular flexibility index (Phi) is 7.61. The lowest BCUT2D eigenvalue weighted by molar-refractivity contribution is -0.0718. The molecule has 2 atom stereocenters. The van der Waals surface area contributed by atoms with Crippen molar-refractivity contribution >= 4 is 28.5 Å². The van der Waals surface area contributed by atoms with Crippen LogP contribution in [0.15, 0.2) is 64.3 Å². The van der Waals surface area contributed by atoms with Crippen LogP contribution in [0.25, 0.3) is 33.5 Å². The van der Waals surface area contributed by atoms with Crippen LogP contribution in [-0.4, -0.2) is 57.5 Å². The number of rotatable bonds is 8. The Morgan fingerprint density at radius 3 is 2.66 bits per heavy atom. The molecule has 12 heteroatoms. The fourth-order valence-electron chi connectivity index (χ4n) is 5.05. The van der Waals surface area contributed by atoms with Crippen LogP contribution in [0, 0.1) is 11.6 Å². The minimum absolute atomic E-state index is 0.161. The molecule has 5 aromatic rings. The normalized spacial score (nSPS) is 17.7. The number of halogens is 2. The molecule has 1 aliphatic rings. The van der Waals surface area contributed by atoms with E-state index in [0.717, 1.165) is 64.5 Å². The van der Waals surface area contributed by atoms with Crippen molar-refractivity contribution in [2.75, 3.05) is 24.9 Å². The van der Waals surface area contributed by atoms with Crippen molar-refractivity contribution in [3.8, 4) is 28.5 Å². The second kappa shape index (κ2) is 11.5. The highest BCUT2D eigenvalue weighted by Crippen LogP contribution is 2.36. The molecule has 0 unspecified atom stereocenters. The molecule has 0 amide bonds. The van der Waals surface area contributed by atoms with Gasteiger partial charge in [0.25, 0.3) is 0 Å². The van der Waals surface area contributed by atoms with E-state index in [4.69, 9.17) is 13.9 Å². The van der Waals surface area contributed by atoms with E-state index in [2.05, 4.69) is 43.6 Å². The zero-order valence-electron chi connectivity index (χ0n) is 22.6. The van der Waals surface area contributed by atoms with Gasteiger partial charge < -0.3 is 18.6 Å². The van der Waals surface area contributed by atoms with Crippen molar-refractivity contribution in [3.05, 3.63) is 72.4 Å². The number of anilines is 1. The molecule has 2 N–H and O–H groups in total. The number of fused-ring (bicyclic) bond motifs is 1. The largest absolute Gasteiger partial charge is 0.480 e. The minimum Gasteiger partial charge on any atom is -0.480 e. The number of nitrogens with zero attached hydrogens (tertiary/aromatic N) is 4. The number of oxazole rings is 1. The molecule has 4 heterocycles. The fourth-order valence-corrected chi connectivity index (χ4v) is 5.71. The first kappa shape index (κ1) is 27.2. The first-order valence-corrected chi connectivity index (χ1v) is 13.9. The lowest BCUT2D eigenvalue weighted by Gasteiger charge is -2.34. The molecule has 212 valence electrons. The molecule has 0 bridgehead atoms. The number of H-pyrrole nitrogens is 1. The third kappa shape index (κ3) is 5.90. The molecule has 1 saturated heterocycles. The molecule has 2 aromatic carbocycles. The number of morpholine rings is 1. The number of benzene rings is 2. The van der Waals surface area contributed by atoms with Crippen molar-refractivity contribution in [1.29, 1.82) is 0 Å². The lowest BCUT2D eigenvalue weighted by atomic mass is 10.0. The zero-order valence-corrected chi connectivity index (χ0v) is 23.5. The molecular formula is C29H28F2N6O3S. The fraction of sp³-hybridized carbons (Fsp3) is 0.276. The van der Waals surface area contributed by atoms with E-state index in [-0.39, 0.29) is 17.1 Å². The number of pyridine rings is 1. The maximum Gasteiger partial charge on any atom is 0.237 e. The zero-order chi connectivity index (χ0) is 28.5.